The van der Waals surface area contributed by atoms with E-state index >= 15 is 0 Å². The lowest BCUT2D eigenvalue weighted by Crippen LogP contribution is -2.26. The van der Waals surface area contributed by atoms with Crippen molar-refractivity contribution in [3.05, 3.63) is 72.1 Å². The Labute approximate surface area is 140 Å². The molecule has 4 rings (SSSR count). The number of hydrogen-bond acceptors (Lipinski definition) is 2. The maximum absolute atomic E-state index is 9.85. The molecule has 2 atom stereocenters. The molecule has 3 N–H and O–H groups in total. The Hall–Kier alpha value is -2.56. The van der Waals surface area contributed by atoms with Gasteiger partial charge in [0.1, 0.15) is 0 Å². The predicted molar refractivity (Wildman–Crippen MR) is 96.3 cm³/mol. The number of rotatable bonds is 5. The van der Waals surface area contributed by atoms with Gasteiger partial charge in [-0.2, -0.15) is 0 Å². The van der Waals surface area contributed by atoms with Crippen LogP contribution < -0.4 is 0 Å². The van der Waals surface area contributed by atoms with E-state index in [-0.39, 0.29) is 18.6 Å². The molecule has 0 fully saturated rings. The molecule has 0 spiro atoms. The minimum Gasteiger partial charge on any atom is -0.394 e. The molecule has 0 aliphatic carbocycles. The summed E-state index contributed by atoms with van der Waals surface area (Å²) < 4.78 is 5.60. The van der Waals surface area contributed by atoms with Gasteiger partial charge in [-0.05, 0) is 29.1 Å². The van der Waals surface area contributed by atoms with Crippen LogP contribution in [0.4, 0.5) is 0 Å². The number of aromatic nitrogens is 2. The molecule has 122 valence electrons. The minimum absolute atomic E-state index is 0.0456. The summed E-state index contributed by atoms with van der Waals surface area (Å²) in [5.41, 5.74) is 4.34. The van der Waals surface area contributed by atoms with Crippen LogP contribution in [0.3, 0.4) is 0 Å². The van der Waals surface area contributed by atoms with Crippen molar-refractivity contribution < 1.29 is 9.84 Å². The zero-order valence-corrected chi connectivity index (χ0v) is 13.5. The van der Waals surface area contributed by atoms with Gasteiger partial charge in [-0.15, -0.1) is 0 Å². The zero-order valence-electron chi connectivity index (χ0n) is 13.5. The van der Waals surface area contributed by atoms with Crippen LogP contribution in [0.1, 0.15) is 17.2 Å². The minimum atomic E-state index is -0.322. The summed E-state index contributed by atoms with van der Waals surface area (Å²) in [4.78, 5) is 6.82. The van der Waals surface area contributed by atoms with Crippen LogP contribution in [0.15, 0.2) is 60.8 Å². The third-order valence-electron chi connectivity index (χ3n) is 4.70. The van der Waals surface area contributed by atoms with E-state index in [4.69, 9.17) is 4.74 Å². The van der Waals surface area contributed by atoms with E-state index in [1.54, 1.807) is 7.11 Å². The molecule has 4 nitrogen and oxygen atoms in total. The summed E-state index contributed by atoms with van der Waals surface area (Å²) in [6.45, 7) is -0.0456. The van der Waals surface area contributed by atoms with E-state index in [0.29, 0.717) is 0 Å². The van der Waals surface area contributed by atoms with E-state index in [1.165, 1.54) is 0 Å². The summed E-state index contributed by atoms with van der Waals surface area (Å²) in [7, 11) is 1.64. The van der Waals surface area contributed by atoms with Crippen LogP contribution >= 0.6 is 0 Å². The molecule has 2 unspecified atom stereocenters. The number of aliphatic hydroxyl groups excluding tert-OH is 1. The second-order valence-electron chi connectivity index (χ2n) is 6.04. The van der Waals surface area contributed by atoms with Crippen molar-refractivity contribution in [2.24, 2.45) is 0 Å². The van der Waals surface area contributed by atoms with Gasteiger partial charge in [-0.3, -0.25) is 0 Å². The van der Waals surface area contributed by atoms with Crippen LogP contribution in [-0.4, -0.2) is 34.9 Å². The lowest BCUT2D eigenvalue weighted by Gasteiger charge is -2.23. The molecule has 0 saturated carbocycles. The van der Waals surface area contributed by atoms with Crippen molar-refractivity contribution in [3.63, 3.8) is 0 Å². The number of nitrogens with one attached hydrogen (secondary N) is 2. The highest BCUT2D eigenvalue weighted by atomic mass is 16.5. The van der Waals surface area contributed by atoms with Crippen LogP contribution in [-0.2, 0) is 4.74 Å². The monoisotopic (exact) mass is 320 g/mol. The molecule has 24 heavy (non-hydrogen) atoms. The predicted octanol–water partition coefficient (Wildman–Crippen LogP) is 3.79. The Kier molecular flexibility index (Phi) is 3.84. The zero-order chi connectivity index (χ0) is 16.5. The molecule has 0 amide bonds. The molecule has 2 aromatic carbocycles. The number of aliphatic hydroxyl groups is 1. The van der Waals surface area contributed by atoms with Crippen molar-refractivity contribution in [3.8, 4) is 0 Å². The van der Waals surface area contributed by atoms with Gasteiger partial charge in [-0.25, -0.2) is 0 Å². The highest BCUT2D eigenvalue weighted by Gasteiger charge is 2.28. The maximum atomic E-state index is 9.85. The SMILES string of the molecule is COC(CO)C(c1cc2ccccc2[nH]1)c1c[nH]c2ccccc12. The Balaban J connectivity index is 1.91. The smallest absolute Gasteiger partial charge is 0.0925 e. The van der Waals surface area contributed by atoms with Crippen molar-refractivity contribution in [2.75, 3.05) is 13.7 Å². The highest BCUT2D eigenvalue weighted by Crippen LogP contribution is 2.35. The number of aromatic amines is 2. The lowest BCUT2D eigenvalue weighted by atomic mass is 9.90. The van der Waals surface area contributed by atoms with Gasteiger partial charge in [-0.1, -0.05) is 36.4 Å². The fourth-order valence-electron chi connectivity index (χ4n) is 3.50. The van der Waals surface area contributed by atoms with E-state index < -0.39 is 0 Å². The van der Waals surface area contributed by atoms with Gasteiger partial charge in [0.05, 0.1) is 18.6 Å². The molecule has 2 aromatic heterocycles. The summed E-state index contributed by atoms with van der Waals surface area (Å²) in [6.07, 6.45) is 1.69. The van der Waals surface area contributed by atoms with Crippen LogP contribution in [0.2, 0.25) is 0 Å². The molecule has 0 aliphatic rings. The Morgan fingerprint density at radius 2 is 1.79 bits per heavy atom. The Bertz CT molecular complexity index is 933. The highest BCUT2D eigenvalue weighted by molar-refractivity contribution is 5.85. The number of ether oxygens (including phenoxy) is 1. The number of hydrogen-bond donors (Lipinski definition) is 3. The maximum Gasteiger partial charge on any atom is 0.0925 e. The first-order valence-corrected chi connectivity index (χ1v) is 8.09. The average molecular weight is 320 g/mol. The molecule has 2 heterocycles. The van der Waals surface area contributed by atoms with Crippen molar-refractivity contribution in [1.29, 1.82) is 0 Å². The van der Waals surface area contributed by atoms with Crippen LogP contribution in [0.25, 0.3) is 21.8 Å². The van der Waals surface area contributed by atoms with Gasteiger partial charge < -0.3 is 19.8 Å². The molecular weight excluding hydrogens is 300 g/mol. The van der Waals surface area contributed by atoms with E-state index in [2.05, 4.69) is 40.3 Å². The number of benzene rings is 2. The third kappa shape index (κ3) is 2.40. The quantitative estimate of drug-likeness (QED) is 0.524. The van der Waals surface area contributed by atoms with Gasteiger partial charge in [0.25, 0.3) is 0 Å². The Morgan fingerprint density at radius 1 is 1.04 bits per heavy atom. The summed E-state index contributed by atoms with van der Waals surface area (Å²) >= 11 is 0. The normalized spacial score (nSPS) is 14.2. The number of H-pyrrole nitrogens is 2. The van der Waals surface area contributed by atoms with Crippen molar-refractivity contribution >= 4 is 21.8 Å². The third-order valence-corrected chi connectivity index (χ3v) is 4.70. The molecular formula is C20H20N2O2. The van der Waals surface area contributed by atoms with E-state index in [0.717, 1.165) is 33.1 Å². The standard InChI is InChI=1S/C20H20N2O2/c1-24-19(12-23)20(15-11-21-17-9-5-3-7-14(15)17)18-10-13-6-2-4-8-16(13)22-18/h2-11,19-23H,12H2,1H3. The van der Waals surface area contributed by atoms with Gasteiger partial charge in [0, 0.05) is 35.4 Å². The summed E-state index contributed by atoms with van der Waals surface area (Å²) in [5.74, 6) is -0.0800. The second kappa shape index (κ2) is 6.15. The number of methoxy groups -OCH3 is 1. The van der Waals surface area contributed by atoms with E-state index in [1.807, 2.05) is 30.5 Å². The van der Waals surface area contributed by atoms with Crippen LogP contribution in [0.5, 0.6) is 0 Å². The lowest BCUT2D eigenvalue weighted by molar-refractivity contribution is 0.0375. The van der Waals surface area contributed by atoms with E-state index in [9.17, 15) is 5.11 Å². The molecule has 0 saturated heterocycles. The summed E-state index contributed by atoms with van der Waals surface area (Å²) in [6, 6.07) is 18.5. The molecule has 0 aliphatic heterocycles. The number of para-hydroxylation sites is 2. The largest absolute Gasteiger partial charge is 0.394 e. The first-order valence-electron chi connectivity index (χ1n) is 8.09. The topological polar surface area (TPSA) is 61.0 Å². The fourth-order valence-corrected chi connectivity index (χ4v) is 3.50. The molecule has 0 radical (unpaired) electrons. The van der Waals surface area contributed by atoms with Crippen LogP contribution in [0, 0.1) is 0 Å². The molecule has 0 bridgehead atoms. The van der Waals surface area contributed by atoms with Crippen molar-refractivity contribution in [2.45, 2.75) is 12.0 Å². The van der Waals surface area contributed by atoms with Gasteiger partial charge in [0.2, 0.25) is 0 Å². The average Bonchev–Trinajstić information content (AvgIpc) is 3.23. The molecule has 4 aromatic rings. The Morgan fingerprint density at radius 3 is 2.54 bits per heavy atom. The van der Waals surface area contributed by atoms with Gasteiger partial charge >= 0.3 is 0 Å². The first kappa shape index (κ1) is 15.0. The van der Waals surface area contributed by atoms with Crippen molar-refractivity contribution in [1.82, 2.24) is 9.97 Å². The summed E-state index contributed by atoms with van der Waals surface area (Å²) in [5, 5.41) is 12.2. The second-order valence-corrected chi connectivity index (χ2v) is 6.04. The first-order chi connectivity index (χ1) is 11.8. The van der Waals surface area contributed by atoms with Gasteiger partial charge in [0.15, 0.2) is 0 Å². The fraction of sp³-hybridized carbons (Fsp3) is 0.200. The molecule has 4 heteroatoms. The number of fused-ring (bicyclic) bond motifs is 2.